The molecule has 0 unspecified atom stereocenters. The summed E-state index contributed by atoms with van der Waals surface area (Å²) in [7, 11) is 1.44. The van der Waals surface area contributed by atoms with Gasteiger partial charge >= 0.3 is 6.18 Å². The van der Waals surface area contributed by atoms with Crippen LogP contribution in [0.25, 0.3) is 16.9 Å². The van der Waals surface area contributed by atoms with Gasteiger partial charge in [-0.25, -0.2) is 9.50 Å². The van der Waals surface area contributed by atoms with E-state index >= 15 is 0 Å². The Morgan fingerprint density at radius 3 is 2.62 bits per heavy atom. The largest absolute Gasteiger partial charge is 0.497 e. The highest BCUT2D eigenvalue weighted by Gasteiger charge is 2.36. The zero-order valence-corrected chi connectivity index (χ0v) is 17.8. The molecule has 32 heavy (non-hydrogen) atoms. The van der Waals surface area contributed by atoms with Crippen LogP contribution in [-0.2, 0) is 6.18 Å². The molecule has 0 aliphatic heterocycles. The molecule has 11 heteroatoms. The number of methoxy groups -OCH3 is 1. The van der Waals surface area contributed by atoms with E-state index in [1.54, 1.807) is 24.3 Å². The molecule has 0 aliphatic carbocycles. The molecule has 0 atom stereocenters. The van der Waals surface area contributed by atoms with Gasteiger partial charge in [-0.05, 0) is 36.4 Å². The van der Waals surface area contributed by atoms with E-state index in [4.69, 9.17) is 27.9 Å². The van der Waals surface area contributed by atoms with Crippen LogP contribution in [0, 0.1) is 0 Å². The number of rotatable bonds is 4. The number of hydrogen-bond donors (Lipinski definition) is 1. The first-order valence-corrected chi connectivity index (χ1v) is 9.80. The van der Waals surface area contributed by atoms with Crippen molar-refractivity contribution in [3.63, 3.8) is 0 Å². The number of alkyl halides is 3. The van der Waals surface area contributed by atoms with Crippen LogP contribution in [0.2, 0.25) is 10.0 Å². The summed E-state index contributed by atoms with van der Waals surface area (Å²) in [5, 5.41) is 6.81. The number of amides is 1. The van der Waals surface area contributed by atoms with Crippen LogP contribution in [0.4, 0.5) is 18.9 Å². The van der Waals surface area contributed by atoms with E-state index in [2.05, 4.69) is 15.4 Å². The number of anilines is 1. The van der Waals surface area contributed by atoms with Crippen molar-refractivity contribution in [2.75, 3.05) is 12.4 Å². The fourth-order valence-corrected chi connectivity index (χ4v) is 3.38. The summed E-state index contributed by atoms with van der Waals surface area (Å²) in [5.41, 5.74) is -0.949. The van der Waals surface area contributed by atoms with Gasteiger partial charge in [0.1, 0.15) is 11.3 Å². The maximum Gasteiger partial charge on any atom is 0.433 e. The zero-order chi connectivity index (χ0) is 23.0. The summed E-state index contributed by atoms with van der Waals surface area (Å²) in [6.45, 7) is 0. The van der Waals surface area contributed by atoms with Gasteiger partial charge in [-0.2, -0.15) is 18.3 Å². The van der Waals surface area contributed by atoms with Crippen LogP contribution in [-0.4, -0.2) is 27.6 Å². The van der Waals surface area contributed by atoms with Crippen molar-refractivity contribution >= 4 is 40.4 Å². The minimum Gasteiger partial charge on any atom is -0.497 e. The lowest BCUT2D eigenvalue weighted by atomic mass is 10.1. The summed E-state index contributed by atoms with van der Waals surface area (Å²) in [6.07, 6.45) is -3.73. The molecule has 1 amide bonds. The van der Waals surface area contributed by atoms with E-state index in [1.165, 1.54) is 25.3 Å². The number of halogens is 5. The Hall–Kier alpha value is -3.30. The molecule has 2 aromatic carbocycles. The molecule has 6 nitrogen and oxygen atoms in total. The third-order valence-corrected chi connectivity index (χ3v) is 5.11. The Kier molecular flexibility index (Phi) is 5.70. The van der Waals surface area contributed by atoms with Gasteiger partial charge in [0.15, 0.2) is 11.3 Å². The Morgan fingerprint density at radius 1 is 1.12 bits per heavy atom. The Bertz CT molecular complexity index is 1340. The highest BCUT2D eigenvalue weighted by molar-refractivity contribution is 6.36. The molecule has 4 rings (SSSR count). The zero-order valence-electron chi connectivity index (χ0n) is 16.2. The monoisotopic (exact) mass is 480 g/mol. The maximum atomic E-state index is 13.8. The number of nitrogens with zero attached hydrogens (tertiary/aromatic N) is 3. The summed E-state index contributed by atoms with van der Waals surface area (Å²) < 4.78 is 47.0. The number of hydrogen-bond acceptors (Lipinski definition) is 4. The highest BCUT2D eigenvalue weighted by atomic mass is 35.5. The first-order chi connectivity index (χ1) is 15.2. The summed E-state index contributed by atoms with van der Waals surface area (Å²) >= 11 is 12.0. The lowest BCUT2D eigenvalue weighted by Crippen LogP contribution is -2.16. The molecule has 0 saturated carbocycles. The van der Waals surface area contributed by atoms with Crippen molar-refractivity contribution in [2.45, 2.75) is 6.18 Å². The van der Waals surface area contributed by atoms with Crippen molar-refractivity contribution in [2.24, 2.45) is 0 Å². The summed E-state index contributed by atoms with van der Waals surface area (Å²) in [5.74, 6) is -0.299. The van der Waals surface area contributed by atoms with E-state index in [-0.39, 0.29) is 27.6 Å². The molecule has 0 saturated heterocycles. The van der Waals surface area contributed by atoms with Crippen molar-refractivity contribution < 1.29 is 22.7 Å². The minimum absolute atomic E-state index is 0.000868. The molecule has 2 aromatic heterocycles. The molecule has 4 aromatic rings. The Morgan fingerprint density at radius 2 is 1.91 bits per heavy atom. The lowest BCUT2D eigenvalue weighted by molar-refractivity contribution is -0.142. The van der Waals surface area contributed by atoms with Crippen molar-refractivity contribution in [3.8, 4) is 17.0 Å². The molecule has 0 fully saturated rings. The highest BCUT2D eigenvalue weighted by Crippen LogP contribution is 2.34. The van der Waals surface area contributed by atoms with Gasteiger partial charge in [-0.15, -0.1) is 0 Å². The number of aromatic nitrogens is 3. The van der Waals surface area contributed by atoms with E-state index in [1.807, 2.05) is 0 Å². The molecule has 1 N–H and O–H groups in total. The average molecular weight is 481 g/mol. The molecule has 2 heterocycles. The second kappa shape index (κ2) is 8.33. The quantitative estimate of drug-likeness (QED) is 0.389. The molecule has 0 aliphatic rings. The predicted octanol–water partition coefficient (Wildman–Crippen LogP) is 5.98. The molecule has 0 spiro atoms. The van der Waals surface area contributed by atoms with Crippen LogP contribution >= 0.6 is 23.2 Å². The van der Waals surface area contributed by atoms with Gasteiger partial charge in [0.25, 0.3) is 5.91 Å². The van der Waals surface area contributed by atoms with Gasteiger partial charge in [0.05, 0.1) is 29.7 Å². The second-order valence-electron chi connectivity index (χ2n) is 6.63. The number of nitrogens with one attached hydrogen (secondary N) is 1. The van der Waals surface area contributed by atoms with Crippen molar-refractivity contribution in [3.05, 3.63) is 76.0 Å². The molecule has 164 valence electrons. The van der Waals surface area contributed by atoms with Crippen LogP contribution < -0.4 is 10.1 Å². The van der Waals surface area contributed by atoms with Crippen LogP contribution in [0.15, 0.2) is 54.7 Å². The second-order valence-corrected chi connectivity index (χ2v) is 7.47. The van der Waals surface area contributed by atoms with Gasteiger partial charge in [0.2, 0.25) is 0 Å². The fraction of sp³-hybridized carbons (Fsp3) is 0.0952. The van der Waals surface area contributed by atoms with Crippen LogP contribution in [0.5, 0.6) is 5.75 Å². The first-order valence-electron chi connectivity index (χ1n) is 9.04. The third kappa shape index (κ3) is 4.21. The van der Waals surface area contributed by atoms with Gasteiger partial charge in [0, 0.05) is 10.6 Å². The summed E-state index contributed by atoms with van der Waals surface area (Å²) in [4.78, 5) is 17.1. The van der Waals surface area contributed by atoms with Crippen LogP contribution in [0.1, 0.15) is 16.1 Å². The van der Waals surface area contributed by atoms with E-state index in [0.717, 1.165) is 12.3 Å². The van der Waals surface area contributed by atoms with E-state index in [9.17, 15) is 18.0 Å². The summed E-state index contributed by atoms with van der Waals surface area (Å²) in [6, 6.07) is 11.7. The van der Waals surface area contributed by atoms with Crippen molar-refractivity contribution in [1.29, 1.82) is 0 Å². The minimum atomic E-state index is -4.75. The SMILES string of the molecule is COc1cccc(-c2cc(C(F)(F)F)n3ncc(C(=O)Nc4cc(Cl)ccc4Cl)c3n2)c1. The van der Waals surface area contributed by atoms with E-state index < -0.39 is 17.8 Å². The van der Waals surface area contributed by atoms with Gasteiger partial charge in [-0.3, -0.25) is 4.79 Å². The maximum absolute atomic E-state index is 13.8. The molecular weight excluding hydrogens is 468 g/mol. The fourth-order valence-electron chi connectivity index (χ4n) is 3.04. The van der Waals surface area contributed by atoms with Gasteiger partial charge < -0.3 is 10.1 Å². The van der Waals surface area contributed by atoms with Crippen LogP contribution in [0.3, 0.4) is 0 Å². The number of carbonyl (C=O) groups excluding carboxylic acids is 1. The topological polar surface area (TPSA) is 68.5 Å². The number of carbonyl (C=O) groups is 1. The lowest BCUT2D eigenvalue weighted by Gasteiger charge is -2.12. The first kappa shape index (κ1) is 21.9. The molecule has 0 bridgehead atoms. The van der Waals surface area contributed by atoms with Crippen molar-refractivity contribution in [1.82, 2.24) is 14.6 Å². The normalized spacial score (nSPS) is 11.6. The predicted molar refractivity (Wildman–Crippen MR) is 114 cm³/mol. The van der Waals surface area contributed by atoms with E-state index in [0.29, 0.717) is 20.9 Å². The van der Waals surface area contributed by atoms with Gasteiger partial charge in [-0.1, -0.05) is 35.3 Å². The third-order valence-electron chi connectivity index (χ3n) is 4.55. The number of fused-ring (bicyclic) bond motifs is 1. The standard InChI is InChI=1S/C21H13Cl2F3N4O2/c1-32-13-4-2-3-11(7-13)16-9-18(21(24,25)26)30-19(28-16)14(10-27-30)20(31)29-17-8-12(22)5-6-15(17)23/h2-10H,1H3,(H,29,31). The Labute approximate surface area is 189 Å². The smallest absolute Gasteiger partial charge is 0.433 e. The molecular formula is C21H13Cl2F3N4O2. The number of ether oxygens (including phenoxy) is 1. The average Bonchev–Trinajstić information content (AvgIpc) is 3.19. The Balaban J connectivity index is 1.86. The molecule has 0 radical (unpaired) electrons. The number of benzene rings is 2.